The van der Waals surface area contributed by atoms with Crippen molar-refractivity contribution in [1.29, 1.82) is 0 Å². The van der Waals surface area contributed by atoms with E-state index in [1.165, 1.54) is 70.6 Å². The monoisotopic (exact) mass is 342 g/mol. The molecular formula is C21H44NO2+. The lowest BCUT2D eigenvalue weighted by atomic mass is 10.0. The number of rotatable bonds is 16. The molecule has 2 unspecified atom stereocenters. The summed E-state index contributed by atoms with van der Waals surface area (Å²) >= 11 is 0. The molecule has 0 saturated heterocycles. The Bertz CT molecular complexity index is 297. The van der Waals surface area contributed by atoms with Gasteiger partial charge in [0, 0.05) is 0 Å². The van der Waals surface area contributed by atoms with Gasteiger partial charge in [0.05, 0.1) is 27.7 Å². The van der Waals surface area contributed by atoms with E-state index in [1.807, 2.05) is 27.2 Å². The molecule has 0 fully saturated rings. The molecule has 0 spiro atoms. The number of aliphatic hydroxyl groups excluding tert-OH is 2. The predicted molar refractivity (Wildman–Crippen MR) is 105 cm³/mol. The zero-order valence-corrected chi connectivity index (χ0v) is 16.8. The molecule has 0 aromatic rings. The molecule has 144 valence electrons. The summed E-state index contributed by atoms with van der Waals surface area (Å²) in [5, 5.41) is 19.6. The summed E-state index contributed by atoms with van der Waals surface area (Å²) in [4.78, 5) is 0. The van der Waals surface area contributed by atoms with E-state index in [1.54, 1.807) is 0 Å². The Kier molecular flexibility index (Phi) is 14.7. The summed E-state index contributed by atoms with van der Waals surface area (Å²) in [5.74, 6) is 0. The molecular weight excluding hydrogens is 298 g/mol. The fourth-order valence-electron chi connectivity index (χ4n) is 3.10. The molecule has 0 amide bonds. The maximum Gasteiger partial charge on any atom is 0.142 e. The second kappa shape index (κ2) is 14.9. The highest BCUT2D eigenvalue weighted by atomic mass is 16.3. The third kappa shape index (κ3) is 13.0. The van der Waals surface area contributed by atoms with Crippen LogP contribution in [0.1, 0.15) is 84.0 Å². The van der Waals surface area contributed by atoms with E-state index < -0.39 is 6.10 Å². The Hall–Kier alpha value is -0.380. The van der Waals surface area contributed by atoms with Gasteiger partial charge in [0.25, 0.3) is 0 Å². The fourth-order valence-corrected chi connectivity index (χ4v) is 3.10. The fraction of sp³-hybridized carbons (Fsp3) is 0.905. The highest BCUT2D eigenvalue weighted by Crippen LogP contribution is 2.13. The summed E-state index contributed by atoms with van der Waals surface area (Å²) < 4.78 is 0.570. The van der Waals surface area contributed by atoms with E-state index >= 15 is 0 Å². The molecule has 0 aliphatic rings. The first-order chi connectivity index (χ1) is 11.4. The number of hydrogen-bond donors (Lipinski definition) is 2. The van der Waals surface area contributed by atoms with Gasteiger partial charge in [-0.15, -0.1) is 0 Å². The molecule has 0 bridgehead atoms. The van der Waals surface area contributed by atoms with Crippen molar-refractivity contribution in [2.75, 3.05) is 27.7 Å². The van der Waals surface area contributed by atoms with E-state index in [2.05, 4.69) is 13.0 Å². The first kappa shape index (κ1) is 23.6. The molecule has 3 nitrogen and oxygen atoms in total. The van der Waals surface area contributed by atoms with Gasteiger partial charge in [0.1, 0.15) is 12.1 Å². The number of hydrogen-bond acceptors (Lipinski definition) is 2. The second-order valence-electron chi connectivity index (χ2n) is 8.11. The molecule has 2 atom stereocenters. The van der Waals surface area contributed by atoms with Gasteiger partial charge < -0.3 is 14.7 Å². The first-order valence-corrected chi connectivity index (χ1v) is 10.2. The van der Waals surface area contributed by atoms with Crippen molar-refractivity contribution in [3.8, 4) is 0 Å². The lowest BCUT2D eigenvalue weighted by Gasteiger charge is -2.34. The van der Waals surface area contributed by atoms with E-state index in [0.29, 0.717) is 4.48 Å². The standard InChI is InChI=1S/C21H44NO2/c1-5-6-7-8-9-10-11-12-13-14-15-16-17-18-21(24)20(19-23)22(2,3)4/h17-18,20-21,23-24H,5-16,19H2,1-4H3/q+1/b18-17+. The van der Waals surface area contributed by atoms with Gasteiger partial charge in [-0.25, -0.2) is 0 Å². The second-order valence-corrected chi connectivity index (χ2v) is 8.11. The van der Waals surface area contributed by atoms with Crippen LogP contribution in [0.25, 0.3) is 0 Å². The Balaban J connectivity index is 3.52. The van der Waals surface area contributed by atoms with Crippen molar-refractivity contribution in [2.24, 2.45) is 0 Å². The van der Waals surface area contributed by atoms with Gasteiger partial charge in [-0.1, -0.05) is 83.3 Å². The average molecular weight is 343 g/mol. The SMILES string of the molecule is CCCCCCCCCCCCC/C=C/C(O)C(CO)[N+](C)(C)C. The number of allylic oxidation sites excluding steroid dienone is 1. The van der Waals surface area contributed by atoms with Crippen molar-refractivity contribution in [3.63, 3.8) is 0 Å². The summed E-state index contributed by atoms with van der Waals surface area (Å²) in [6.45, 7) is 2.28. The molecule has 24 heavy (non-hydrogen) atoms. The van der Waals surface area contributed by atoms with Gasteiger partial charge >= 0.3 is 0 Å². The Morgan fingerprint density at radius 1 is 0.792 bits per heavy atom. The largest absolute Gasteiger partial charge is 0.390 e. The maximum absolute atomic E-state index is 10.2. The van der Waals surface area contributed by atoms with Crippen LogP contribution >= 0.6 is 0 Å². The number of likely N-dealkylation sites (N-methyl/N-ethyl adjacent to an activating group) is 1. The predicted octanol–water partition coefficient (Wildman–Crippen LogP) is 4.67. The van der Waals surface area contributed by atoms with Gasteiger partial charge in [-0.2, -0.15) is 0 Å². The van der Waals surface area contributed by atoms with Crippen LogP contribution in [0.5, 0.6) is 0 Å². The van der Waals surface area contributed by atoms with E-state index in [4.69, 9.17) is 0 Å². The number of quaternary nitrogens is 1. The quantitative estimate of drug-likeness (QED) is 0.243. The zero-order chi connectivity index (χ0) is 18.3. The Morgan fingerprint density at radius 3 is 1.67 bits per heavy atom. The minimum atomic E-state index is -0.567. The Morgan fingerprint density at radius 2 is 1.25 bits per heavy atom. The smallest absolute Gasteiger partial charge is 0.142 e. The lowest BCUT2D eigenvalue weighted by Crippen LogP contribution is -2.53. The molecule has 0 aliphatic carbocycles. The first-order valence-electron chi connectivity index (χ1n) is 10.2. The van der Waals surface area contributed by atoms with Crippen LogP contribution in [0.15, 0.2) is 12.2 Å². The summed E-state index contributed by atoms with van der Waals surface area (Å²) in [6, 6.07) is -0.154. The van der Waals surface area contributed by atoms with Crippen molar-refractivity contribution in [1.82, 2.24) is 0 Å². The van der Waals surface area contributed by atoms with Crippen LogP contribution in [0.4, 0.5) is 0 Å². The van der Waals surface area contributed by atoms with Crippen LogP contribution < -0.4 is 0 Å². The van der Waals surface area contributed by atoms with Crippen molar-refractivity contribution >= 4 is 0 Å². The van der Waals surface area contributed by atoms with E-state index in [0.717, 1.165) is 6.42 Å². The molecule has 0 saturated carbocycles. The molecule has 0 heterocycles. The molecule has 0 radical (unpaired) electrons. The zero-order valence-electron chi connectivity index (χ0n) is 16.8. The van der Waals surface area contributed by atoms with Crippen molar-refractivity contribution in [2.45, 2.75) is 96.1 Å². The third-order valence-electron chi connectivity index (χ3n) is 4.88. The van der Waals surface area contributed by atoms with E-state index in [-0.39, 0.29) is 12.6 Å². The van der Waals surface area contributed by atoms with Gasteiger partial charge in [0.2, 0.25) is 0 Å². The van der Waals surface area contributed by atoms with Crippen LogP contribution in [0.2, 0.25) is 0 Å². The summed E-state index contributed by atoms with van der Waals surface area (Å²) in [6.07, 6.45) is 19.4. The van der Waals surface area contributed by atoms with Crippen LogP contribution in [0, 0.1) is 0 Å². The minimum absolute atomic E-state index is 0.00739. The van der Waals surface area contributed by atoms with Crippen LogP contribution in [-0.2, 0) is 0 Å². The van der Waals surface area contributed by atoms with E-state index in [9.17, 15) is 10.2 Å². The maximum atomic E-state index is 10.2. The highest BCUT2D eigenvalue weighted by Gasteiger charge is 2.28. The topological polar surface area (TPSA) is 40.5 Å². The lowest BCUT2D eigenvalue weighted by molar-refractivity contribution is -0.899. The van der Waals surface area contributed by atoms with Crippen molar-refractivity contribution < 1.29 is 14.7 Å². The van der Waals surface area contributed by atoms with Crippen LogP contribution in [-0.4, -0.2) is 54.6 Å². The minimum Gasteiger partial charge on any atom is -0.390 e. The molecule has 0 rings (SSSR count). The van der Waals surface area contributed by atoms with Crippen LogP contribution in [0.3, 0.4) is 0 Å². The van der Waals surface area contributed by atoms with Gasteiger partial charge in [-0.05, 0) is 12.8 Å². The third-order valence-corrected chi connectivity index (χ3v) is 4.88. The number of aliphatic hydroxyl groups is 2. The summed E-state index contributed by atoms with van der Waals surface area (Å²) in [7, 11) is 6.01. The molecule has 3 heteroatoms. The molecule has 0 aromatic heterocycles. The molecule has 0 aromatic carbocycles. The molecule has 0 aliphatic heterocycles. The van der Waals surface area contributed by atoms with Gasteiger partial charge in [-0.3, -0.25) is 0 Å². The number of nitrogens with zero attached hydrogens (tertiary/aromatic N) is 1. The highest BCUT2D eigenvalue weighted by molar-refractivity contribution is 4.92. The van der Waals surface area contributed by atoms with Gasteiger partial charge in [0.15, 0.2) is 0 Å². The molecule has 2 N–H and O–H groups in total. The average Bonchev–Trinajstić information content (AvgIpc) is 2.51. The summed E-state index contributed by atoms with van der Waals surface area (Å²) in [5.41, 5.74) is 0. The Labute approximate surface area is 151 Å². The number of unbranched alkanes of at least 4 members (excludes halogenated alkanes) is 11. The normalized spacial score (nSPS) is 15.1. The van der Waals surface area contributed by atoms with Crippen molar-refractivity contribution in [3.05, 3.63) is 12.2 Å².